The molecule has 0 bridgehead atoms. The van der Waals surface area contributed by atoms with Crippen LogP contribution in [0, 0.1) is 0 Å². The quantitative estimate of drug-likeness (QED) is 0.907. The summed E-state index contributed by atoms with van der Waals surface area (Å²) in [5.41, 5.74) is 4.32. The van der Waals surface area contributed by atoms with Gasteiger partial charge in [-0.2, -0.15) is 0 Å². The van der Waals surface area contributed by atoms with E-state index in [9.17, 15) is 4.79 Å². The second-order valence-corrected chi connectivity index (χ2v) is 5.62. The van der Waals surface area contributed by atoms with Crippen LogP contribution in [0.2, 0.25) is 5.02 Å². The number of halogens is 1. The van der Waals surface area contributed by atoms with Gasteiger partial charge in [0.1, 0.15) is 0 Å². The van der Waals surface area contributed by atoms with Crippen LogP contribution in [-0.4, -0.2) is 12.5 Å². The molecule has 21 heavy (non-hydrogen) atoms. The Morgan fingerprint density at radius 1 is 1.19 bits per heavy atom. The van der Waals surface area contributed by atoms with Gasteiger partial charge in [-0.05, 0) is 41.4 Å². The molecule has 3 nitrogen and oxygen atoms in total. The van der Waals surface area contributed by atoms with Crippen LogP contribution >= 0.6 is 11.6 Å². The molecule has 1 aliphatic heterocycles. The van der Waals surface area contributed by atoms with Crippen molar-refractivity contribution in [3.8, 4) is 0 Å². The van der Waals surface area contributed by atoms with E-state index in [1.807, 2.05) is 30.3 Å². The minimum Gasteiger partial charge on any atom is -0.326 e. The maximum atomic E-state index is 11.5. The molecule has 1 unspecified atom stereocenters. The molecular formula is C17H17ClN2O. The Kier molecular flexibility index (Phi) is 3.95. The molecule has 0 aromatic heterocycles. The highest BCUT2D eigenvalue weighted by atomic mass is 35.5. The Labute approximate surface area is 129 Å². The maximum absolute atomic E-state index is 11.5. The molecule has 0 radical (unpaired) electrons. The van der Waals surface area contributed by atoms with E-state index >= 15 is 0 Å². The van der Waals surface area contributed by atoms with E-state index in [4.69, 9.17) is 11.6 Å². The first-order valence-electron chi connectivity index (χ1n) is 7.09. The molecule has 1 amide bonds. The second kappa shape index (κ2) is 5.88. The lowest BCUT2D eigenvalue weighted by atomic mass is 9.96. The van der Waals surface area contributed by atoms with Crippen molar-refractivity contribution in [3.05, 3.63) is 64.2 Å². The summed E-state index contributed by atoms with van der Waals surface area (Å²) in [5, 5.41) is 7.09. The first-order valence-corrected chi connectivity index (χ1v) is 7.46. The predicted molar refractivity (Wildman–Crippen MR) is 85.7 cm³/mol. The second-order valence-electron chi connectivity index (χ2n) is 5.18. The highest BCUT2D eigenvalue weighted by Gasteiger charge is 2.20. The van der Waals surface area contributed by atoms with Gasteiger partial charge < -0.3 is 10.6 Å². The maximum Gasteiger partial charge on any atom is 0.228 e. The minimum absolute atomic E-state index is 0.0636. The van der Waals surface area contributed by atoms with E-state index in [1.54, 1.807) is 0 Å². The van der Waals surface area contributed by atoms with Crippen LogP contribution in [0.3, 0.4) is 0 Å². The Balaban J connectivity index is 1.96. The van der Waals surface area contributed by atoms with E-state index in [0.717, 1.165) is 28.4 Å². The first kappa shape index (κ1) is 14.1. The predicted octanol–water partition coefficient (Wildman–Crippen LogP) is 3.53. The van der Waals surface area contributed by atoms with Crippen molar-refractivity contribution in [1.82, 2.24) is 5.32 Å². The molecule has 0 aliphatic carbocycles. The average Bonchev–Trinajstić information content (AvgIpc) is 2.85. The summed E-state index contributed by atoms with van der Waals surface area (Å²) in [6, 6.07) is 14.1. The Hall–Kier alpha value is -1.84. The largest absolute Gasteiger partial charge is 0.326 e. The van der Waals surface area contributed by atoms with Gasteiger partial charge in [0.05, 0.1) is 12.5 Å². The van der Waals surface area contributed by atoms with Crippen LogP contribution in [0.4, 0.5) is 5.69 Å². The SMILES string of the molecule is CCNC(c1ccc(Cl)cc1)c1ccc2c(c1)CC(=O)N2. The fourth-order valence-corrected chi connectivity index (χ4v) is 2.84. The van der Waals surface area contributed by atoms with Crippen molar-refractivity contribution in [3.63, 3.8) is 0 Å². The zero-order valence-electron chi connectivity index (χ0n) is 11.8. The summed E-state index contributed by atoms with van der Waals surface area (Å²) in [6.45, 7) is 2.95. The summed E-state index contributed by atoms with van der Waals surface area (Å²) < 4.78 is 0. The smallest absolute Gasteiger partial charge is 0.228 e. The van der Waals surface area contributed by atoms with Crippen molar-refractivity contribution < 1.29 is 4.79 Å². The number of fused-ring (bicyclic) bond motifs is 1. The zero-order chi connectivity index (χ0) is 14.8. The molecular weight excluding hydrogens is 284 g/mol. The van der Waals surface area contributed by atoms with Crippen LogP contribution in [0.15, 0.2) is 42.5 Å². The number of carbonyl (C=O) groups excluding carboxylic acids is 1. The van der Waals surface area contributed by atoms with E-state index in [2.05, 4.69) is 29.7 Å². The molecule has 2 N–H and O–H groups in total. The molecule has 1 heterocycles. The molecule has 0 saturated heterocycles. The van der Waals surface area contributed by atoms with Crippen molar-refractivity contribution in [2.24, 2.45) is 0 Å². The monoisotopic (exact) mass is 300 g/mol. The normalized spacial score (nSPS) is 14.7. The fourth-order valence-electron chi connectivity index (χ4n) is 2.72. The minimum atomic E-state index is 0.0636. The molecule has 3 rings (SSSR count). The van der Waals surface area contributed by atoms with Crippen LogP contribution in [-0.2, 0) is 11.2 Å². The fraction of sp³-hybridized carbons (Fsp3) is 0.235. The first-order chi connectivity index (χ1) is 10.2. The van der Waals surface area contributed by atoms with Gasteiger partial charge in [0, 0.05) is 10.7 Å². The standard InChI is InChI=1S/C17H17ClN2O/c1-2-19-17(11-3-6-14(18)7-4-11)12-5-8-15-13(9-12)10-16(21)20-15/h3-9,17,19H,2,10H2,1H3,(H,20,21). The van der Waals surface area contributed by atoms with Gasteiger partial charge in [-0.25, -0.2) is 0 Å². The number of anilines is 1. The lowest BCUT2D eigenvalue weighted by molar-refractivity contribution is -0.115. The lowest BCUT2D eigenvalue weighted by Gasteiger charge is -2.20. The van der Waals surface area contributed by atoms with E-state index in [0.29, 0.717) is 6.42 Å². The average molecular weight is 301 g/mol. The zero-order valence-corrected chi connectivity index (χ0v) is 12.6. The Morgan fingerprint density at radius 3 is 2.62 bits per heavy atom. The molecule has 0 saturated carbocycles. The third-order valence-electron chi connectivity index (χ3n) is 3.70. The summed E-state index contributed by atoms with van der Waals surface area (Å²) in [5.74, 6) is 0.0636. The molecule has 2 aromatic rings. The molecule has 108 valence electrons. The third-order valence-corrected chi connectivity index (χ3v) is 3.95. The van der Waals surface area contributed by atoms with Crippen molar-refractivity contribution >= 4 is 23.2 Å². The Bertz CT molecular complexity index is 667. The van der Waals surface area contributed by atoms with Gasteiger partial charge >= 0.3 is 0 Å². The van der Waals surface area contributed by atoms with Gasteiger partial charge in [0.15, 0.2) is 0 Å². The topological polar surface area (TPSA) is 41.1 Å². The number of rotatable bonds is 4. The third kappa shape index (κ3) is 2.94. The van der Waals surface area contributed by atoms with Crippen LogP contribution in [0.1, 0.15) is 29.7 Å². The summed E-state index contributed by atoms with van der Waals surface area (Å²) in [6.07, 6.45) is 0.461. The van der Waals surface area contributed by atoms with Crippen molar-refractivity contribution in [2.45, 2.75) is 19.4 Å². The highest BCUT2D eigenvalue weighted by molar-refractivity contribution is 6.30. The van der Waals surface area contributed by atoms with Gasteiger partial charge in [-0.15, -0.1) is 0 Å². The van der Waals surface area contributed by atoms with Crippen molar-refractivity contribution in [1.29, 1.82) is 0 Å². The number of nitrogens with one attached hydrogen (secondary N) is 2. The van der Waals surface area contributed by atoms with Crippen LogP contribution in [0.5, 0.6) is 0 Å². The molecule has 0 spiro atoms. The number of benzene rings is 2. The Morgan fingerprint density at radius 2 is 1.90 bits per heavy atom. The van der Waals surface area contributed by atoms with Gasteiger partial charge in [-0.1, -0.05) is 42.8 Å². The number of hydrogen-bond acceptors (Lipinski definition) is 2. The van der Waals surface area contributed by atoms with Gasteiger partial charge in [0.25, 0.3) is 0 Å². The summed E-state index contributed by atoms with van der Waals surface area (Å²) in [7, 11) is 0. The number of amides is 1. The van der Waals surface area contributed by atoms with E-state index in [-0.39, 0.29) is 11.9 Å². The van der Waals surface area contributed by atoms with Gasteiger partial charge in [-0.3, -0.25) is 4.79 Å². The molecule has 0 fully saturated rings. The number of carbonyl (C=O) groups is 1. The van der Waals surface area contributed by atoms with Crippen molar-refractivity contribution in [2.75, 3.05) is 11.9 Å². The summed E-state index contributed by atoms with van der Waals surface area (Å²) >= 11 is 5.97. The van der Waals surface area contributed by atoms with E-state index < -0.39 is 0 Å². The van der Waals surface area contributed by atoms with E-state index in [1.165, 1.54) is 5.56 Å². The number of hydrogen-bond donors (Lipinski definition) is 2. The molecule has 4 heteroatoms. The molecule has 2 aromatic carbocycles. The van der Waals surface area contributed by atoms with Crippen LogP contribution in [0.25, 0.3) is 0 Å². The highest BCUT2D eigenvalue weighted by Crippen LogP contribution is 2.29. The molecule has 1 atom stereocenters. The lowest BCUT2D eigenvalue weighted by Crippen LogP contribution is -2.22. The molecule has 1 aliphatic rings. The van der Waals surface area contributed by atoms with Gasteiger partial charge in [0.2, 0.25) is 5.91 Å². The van der Waals surface area contributed by atoms with Crippen LogP contribution < -0.4 is 10.6 Å². The summed E-state index contributed by atoms with van der Waals surface area (Å²) in [4.78, 5) is 11.5.